The Labute approximate surface area is 165 Å². The fourth-order valence-corrected chi connectivity index (χ4v) is 5.29. The Morgan fingerprint density at radius 2 is 1.58 bits per heavy atom. The minimum absolute atomic E-state index is 0.346. The third kappa shape index (κ3) is 4.07. The molecule has 0 bridgehead atoms. The number of hydrogen-bond donors (Lipinski definition) is 0. The summed E-state index contributed by atoms with van der Waals surface area (Å²) in [6.07, 6.45) is 0. The summed E-state index contributed by atoms with van der Waals surface area (Å²) in [5.41, 5.74) is 2.52. The lowest BCUT2D eigenvalue weighted by Gasteiger charge is -2.34. The molecule has 0 atom stereocenters. The van der Waals surface area contributed by atoms with Gasteiger partial charge >= 0.3 is 0 Å². The molecule has 4 nitrogen and oxygen atoms in total. The van der Waals surface area contributed by atoms with Crippen LogP contribution in [-0.2, 0) is 16.6 Å². The van der Waals surface area contributed by atoms with Gasteiger partial charge in [0.2, 0.25) is 10.0 Å². The summed E-state index contributed by atoms with van der Waals surface area (Å²) in [4.78, 5) is 2.58. The Morgan fingerprint density at radius 1 is 0.923 bits per heavy atom. The largest absolute Gasteiger partial charge is 0.296 e. The molecule has 1 aliphatic rings. The van der Waals surface area contributed by atoms with Gasteiger partial charge in [-0.2, -0.15) is 4.31 Å². The van der Waals surface area contributed by atoms with E-state index in [4.69, 9.17) is 23.2 Å². The van der Waals surface area contributed by atoms with Gasteiger partial charge in [-0.15, -0.1) is 0 Å². The molecular weight excluding hydrogens is 391 g/mol. The fourth-order valence-electron chi connectivity index (χ4n) is 3.17. The van der Waals surface area contributed by atoms with Gasteiger partial charge < -0.3 is 0 Å². The van der Waals surface area contributed by atoms with E-state index >= 15 is 0 Å². The Hall–Kier alpha value is -1.11. The van der Waals surface area contributed by atoms with Gasteiger partial charge in [0.15, 0.2) is 0 Å². The van der Waals surface area contributed by atoms with Crippen LogP contribution in [0.15, 0.2) is 41.3 Å². The highest BCUT2D eigenvalue weighted by atomic mass is 35.5. The number of sulfonamides is 1. The van der Waals surface area contributed by atoms with Crippen LogP contribution < -0.4 is 0 Å². The van der Waals surface area contributed by atoms with Crippen molar-refractivity contribution in [1.29, 1.82) is 0 Å². The quantitative estimate of drug-likeness (QED) is 0.757. The minimum atomic E-state index is -3.51. The number of benzene rings is 2. The smallest absolute Gasteiger partial charge is 0.243 e. The van der Waals surface area contributed by atoms with Gasteiger partial charge in [0.25, 0.3) is 0 Å². The lowest BCUT2D eigenvalue weighted by molar-refractivity contribution is 0.181. The molecule has 3 rings (SSSR count). The summed E-state index contributed by atoms with van der Waals surface area (Å²) >= 11 is 12.3. The predicted molar refractivity (Wildman–Crippen MR) is 106 cm³/mol. The SMILES string of the molecule is Cc1cc(S(=O)(=O)N2CCN(Cc3ccccc3Cl)CC2)c(C)cc1Cl. The summed E-state index contributed by atoms with van der Waals surface area (Å²) in [7, 11) is -3.51. The van der Waals surface area contributed by atoms with Crippen molar-refractivity contribution in [3.8, 4) is 0 Å². The third-order valence-electron chi connectivity index (χ3n) is 4.76. The molecule has 0 amide bonds. The van der Waals surface area contributed by atoms with E-state index in [0.717, 1.165) is 22.7 Å². The van der Waals surface area contributed by atoms with Crippen molar-refractivity contribution >= 4 is 33.2 Å². The molecule has 0 spiro atoms. The lowest BCUT2D eigenvalue weighted by atomic mass is 10.2. The van der Waals surface area contributed by atoms with Crippen molar-refractivity contribution in [1.82, 2.24) is 9.21 Å². The Kier molecular flexibility index (Phi) is 5.94. The van der Waals surface area contributed by atoms with Gasteiger partial charge in [0.1, 0.15) is 0 Å². The van der Waals surface area contributed by atoms with Crippen molar-refractivity contribution in [2.75, 3.05) is 26.2 Å². The topological polar surface area (TPSA) is 40.6 Å². The summed E-state index contributed by atoms with van der Waals surface area (Å²) in [6.45, 7) is 6.62. The first-order valence-electron chi connectivity index (χ1n) is 8.51. The summed E-state index contributed by atoms with van der Waals surface area (Å²) < 4.78 is 27.6. The van der Waals surface area contributed by atoms with Gasteiger partial charge in [-0.25, -0.2) is 8.42 Å². The maximum atomic E-state index is 13.0. The minimum Gasteiger partial charge on any atom is -0.296 e. The molecule has 1 saturated heterocycles. The second-order valence-electron chi connectivity index (χ2n) is 6.64. The van der Waals surface area contributed by atoms with Crippen LogP contribution in [0.3, 0.4) is 0 Å². The van der Waals surface area contributed by atoms with E-state index in [-0.39, 0.29) is 0 Å². The Morgan fingerprint density at radius 3 is 2.23 bits per heavy atom. The van der Waals surface area contributed by atoms with Crippen LogP contribution in [0, 0.1) is 13.8 Å². The molecular formula is C19H22Cl2N2O2S. The molecule has 26 heavy (non-hydrogen) atoms. The Bertz CT molecular complexity index is 908. The van der Waals surface area contributed by atoms with Crippen molar-refractivity contribution in [2.45, 2.75) is 25.3 Å². The highest BCUT2D eigenvalue weighted by molar-refractivity contribution is 7.89. The van der Waals surface area contributed by atoms with Crippen molar-refractivity contribution < 1.29 is 8.42 Å². The molecule has 0 N–H and O–H groups in total. The first-order chi connectivity index (χ1) is 12.3. The van der Waals surface area contributed by atoms with E-state index < -0.39 is 10.0 Å². The zero-order chi connectivity index (χ0) is 18.9. The molecule has 1 aliphatic heterocycles. The van der Waals surface area contributed by atoms with Crippen molar-refractivity contribution in [2.24, 2.45) is 0 Å². The van der Waals surface area contributed by atoms with Gasteiger partial charge in [0, 0.05) is 42.8 Å². The molecule has 0 radical (unpaired) electrons. The van der Waals surface area contributed by atoms with E-state index in [1.807, 2.05) is 31.2 Å². The first-order valence-corrected chi connectivity index (χ1v) is 10.7. The molecule has 2 aromatic rings. The number of aryl methyl sites for hydroxylation is 2. The van der Waals surface area contributed by atoms with E-state index in [1.54, 1.807) is 23.4 Å². The lowest BCUT2D eigenvalue weighted by Crippen LogP contribution is -2.48. The van der Waals surface area contributed by atoms with E-state index in [0.29, 0.717) is 41.7 Å². The van der Waals surface area contributed by atoms with Gasteiger partial charge in [-0.3, -0.25) is 4.90 Å². The average Bonchev–Trinajstić information content (AvgIpc) is 2.60. The van der Waals surface area contributed by atoms with Crippen LogP contribution in [0.5, 0.6) is 0 Å². The van der Waals surface area contributed by atoms with Crippen LogP contribution in [0.2, 0.25) is 10.0 Å². The number of rotatable bonds is 4. The van der Waals surface area contributed by atoms with Gasteiger partial charge in [-0.1, -0.05) is 41.4 Å². The second-order valence-corrected chi connectivity index (χ2v) is 9.36. The van der Waals surface area contributed by atoms with Crippen LogP contribution in [-0.4, -0.2) is 43.8 Å². The van der Waals surface area contributed by atoms with Crippen LogP contribution in [0.25, 0.3) is 0 Å². The molecule has 2 aromatic carbocycles. The monoisotopic (exact) mass is 412 g/mol. The van der Waals surface area contributed by atoms with Crippen molar-refractivity contribution in [3.63, 3.8) is 0 Å². The highest BCUT2D eigenvalue weighted by Gasteiger charge is 2.30. The van der Waals surface area contributed by atoms with Gasteiger partial charge in [0.05, 0.1) is 4.90 Å². The predicted octanol–water partition coefficient (Wildman–Crippen LogP) is 4.12. The third-order valence-corrected chi connectivity index (χ3v) is 7.57. The Balaban J connectivity index is 1.71. The highest BCUT2D eigenvalue weighted by Crippen LogP contribution is 2.27. The standard InChI is InChI=1S/C19H22Cl2N2O2S/c1-14-12-19(15(2)11-18(14)21)26(24,25)23-9-7-22(8-10-23)13-16-5-3-4-6-17(16)20/h3-6,11-12H,7-10,13H2,1-2H3. The fraction of sp³-hybridized carbons (Fsp3) is 0.368. The average molecular weight is 413 g/mol. The van der Waals surface area contributed by atoms with Crippen molar-refractivity contribution in [3.05, 3.63) is 63.1 Å². The molecule has 0 aliphatic carbocycles. The number of piperazine rings is 1. The molecule has 0 aromatic heterocycles. The molecule has 1 heterocycles. The second kappa shape index (κ2) is 7.87. The molecule has 0 unspecified atom stereocenters. The summed E-state index contributed by atoms with van der Waals surface area (Å²) in [6, 6.07) is 11.1. The molecule has 1 fully saturated rings. The van der Waals surface area contributed by atoms with E-state index in [9.17, 15) is 8.42 Å². The first kappa shape index (κ1) is 19.6. The summed E-state index contributed by atoms with van der Waals surface area (Å²) in [5.74, 6) is 0. The van der Waals surface area contributed by atoms with Crippen LogP contribution >= 0.6 is 23.2 Å². The van der Waals surface area contributed by atoms with E-state index in [1.165, 1.54) is 0 Å². The maximum Gasteiger partial charge on any atom is 0.243 e. The molecule has 0 saturated carbocycles. The number of halogens is 2. The van der Waals surface area contributed by atoms with Crippen LogP contribution in [0.1, 0.15) is 16.7 Å². The summed E-state index contributed by atoms with van der Waals surface area (Å²) in [5, 5.41) is 1.33. The number of hydrogen-bond acceptors (Lipinski definition) is 3. The van der Waals surface area contributed by atoms with Gasteiger partial charge in [-0.05, 0) is 48.7 Å². The number of nitrogens with zero attached hydrogens (tertiary/aromatic N) is 2. The zero-order valence-electron chi connectivity index (χ0n) is 14.9. The zero-order valence-corrected chi connectivity index (χ0v) is 17.2. The van der Waals surface area contributed by atoms with E-state index in [2.05, 4.69) is 4.90 Å². The normalized spacial score (nSPS) is 16.8. The van der Waals surface area contributed by atoms with Crippen LogP contribution in [0.4, 0.5) is 0 Å². The maximum absolute atomic E-state index is 13.0. The molecule has 140 valence electrons. The molecule has 7 heteroatoms.